The topological polar surface area (TPSA) is 16.1 Å². The second kappa shape index (κ2) is 3.83. The third-order valence-electron chi connectivity index (χ3n) is 1.75. The van der Waals surface area contributed by atoms with Crippen molar-refractivity contribution in [3.05, 3.63) is 16.6 Å². The minimum absolute atomic E-state index is 0.596. The second-order valence-electron chi connectivity index (χ2n) is 2.93. The van der Waals surface area contributed by atoms with Gasteiger partial charge in [0.1, 0.15) is 5.01 Å². The van der Waals surface area contributed by atoms with E-state index in [1.165, 1.54) is 5.01 Å². The van der Waals surface area contributed by atoms with Crippen LogP contribution in [0.15, 0.2) is 11.6 Å². The number of aromatic nitrogens is 1. The average molecular weight is 170 g/mol. The maximum atomic E-state index is 4.22. The van der Waals surface area contributed by atoms with Gasteiger partial charge in [-0.15, -0.1) is 11.3 Å². The predicted octanol–water partition coefficient (Wildman–Crippen LogP) is 1.98. The molecule has 11 heavy (non-hydrogen) atoms. The van der Waals surface area contributed by atoms with Crippen LogP contribution in [0.1, 0.15) is 18.9 Å². The zero-order chi connectivity index (χ0) is 8.27. The molecular formula is C8H14N2S. The summed E-state index contributed by atoms with van der Waals surface area (Å²) in [6, 6.07) is 0.596. The molecule has 0 amide bonds. The molecule has 0 radical (unpaired) electrons. The van der Waals surface area contributed by atoms with E-state index < -0.39 is 0 Å². The van der Waals surface area contributed by atoms with Crippen molar-refractivity contribution in [1.29, 1.82) is 0 Å². The normalized spacial score (nSPS) is 11.4. The fourth-order valence-electron chi connectivity index (χ4n) is 0.727. The largest absolute Gasteiger partial charge is 0.297 e. The van der Waals surface area contributed by atoms with E-state index in [1.54, 1.807) is 11.3 Å². The molecule has 0 aliphatic rings. The molecule has 3 heteroatoms. The van der Waals surface area contributed by atoms with E-state index >= 15 is 0 Å². The molecule has 0 N–H and O–H groups in total. The van der Waals surface area contributed by atoms with E-state index in [-0.39, 0.29) is 0 Å². The molecule has 0 aromatic carbocycles. The molecule has 1 rings (SSSR count). The molecule has 1 aromatic heterocycles. The molecule has 0 atom stereocenters. The third-order valence-corrected chi connectivity index (χ3v) is 2.51. The van der Waals surface area contributed by atoms with E-state index in [0.29, 0.717) is 6.04 Å². The van der Waals surface area contributed by atoms with Crippen molar-refractivity contribution in [1.82, 2.24) is 9.88 Å². The van der Waals surface area contributed by atoms with Gasteiger partial charge < -0.3 is 0 Å². The Morgan fingerprint density at radius 3 is 2.82 bits per heavy atom. The number of nitrogens with zero attached hydrogens (tertiary/aromatic N) is 2. The average Bonchev–Trinajstić information content (AvgIpc) is 2.39. The number of rotatable bonds is 3. The van der Waals surface area contributed by atoms with E-state index in [2.05, 4.69) is 30.8 Å². The summed E-state index contributed by atoms with van der Waals surface area (Å²) in [6.07, 6.45) is 1.86. The highest BCUT2D eigenvalue weighted by Crippen LogP contribution is 2.08. The van der Waals surface area contributed by atoms with E-state index in [9.17, 15) is 0 Å². The van der Waals surface area contributed by atoms with Gasteiger partial charge in [0.25, 0.3) is 0 Å². The molecule has 0 saturated carbocycles. The highest BCUT2D eigenvalue weighted by molar-refractivity contribution is 7.09. The summed E-state index contributed by atoms with van der Waals surface area (Å²) in [4.78, 5) is 6.49. The smallest absolute Gasteiger partial charge is 0.107 e. The van der Waals surface area contributed by atoms with Gasteiger partial charge in [0, 0.05) is 17.6 Å². The first-order chi connectivity index (χ1) is 5.20. The molecule has 1 aromatic rings. The fraction of sp³-hybridized carbons (Fsp3) is 0.625. The van der Waals surface area contributed by atoms with Crippen molar-refractivity contribution in [2.75, 3.05) is 7.05 Å². The molecule has 0 unspecified atom stereocenters. The Kier molecular flexibility index (Phi) is 3.02. The van der Waals surface area contributed by atoms with E-state index in [0.717, 1.165) is 6.54 Å². The minimum Gasteiger partial charge on any atom is -0.297 e. The van der Waals surface area contributed by atoms with Gasteiger partial charge in [-0.2, -0.15) is 0 Å². The maximum absolute atomic E-state index is 4.22. The first-order valence-corrected chi connectivity index (χ1v) is 4.66. The molecule has 0 spiro atoms. The van der Waals surface area contributed by atoms with Crippen LogP contribution in [-0.4, -0.2) is 23.0 Å². The van der Waals surface area contributed by atoms with Crippen molar-refractivity contribution >= 4 is 11.3 Å². The molecule has 0 bridgehead atoms. The molecule has 62 valence electrons. The van der Waals surface area contributed by atoms with Crippen molar-refractivity contribution in [2.24, 2.45) is 0 Å². The Bertz CT molecular complexity index is 194. The Labute approximate surface area is 71.9 Å². The van der Waals surface area contributed by atoms with Gasteiger partial charge >= 0.3 is 0 Å². The lowest BCUT2D eigenvalue weighted by Crippen LogP contribution is -2.25. The zero-order valence-electron chi connectivity index (χ0n) is 7.24. The third kappa shape index (κ3) is 2.60. The van der Waals surface area contributed by atoms with Crippen LogP contribution in [0, 0.1) is 0 Å². The van der Waals surface area contributed by atoms with Crippen molar-refractivity contribution < 1.29 is 0 Å². The van der Waals surface area contributed by atoms with Gasteiger partial charge in [0.05, 0.1) is 6.54 Å². The highest BCUT2D eigenvalue weighted by atomic mass is 32.1. The van der Waals surface area contributed by atoms with Crippen LogP contribution >= 0.6 is 11.3 Å². The number of hydrogen-bond acceptors (Lipinski definition) is 3. The Hall–Kier alpha value is -0.410. The van der Waals surface area contributed by atoms with Gasteiger partial charge in [-0.3, -0.25) is 4.90 Å². The monoisotopic (exact) mass is 170 g/mol. The van der Waals surface area contributed by atoms with Gasteiger partial charge in [-0.1, -0.05) is 0 Å². The van der Waals surface area contributed by atoms with Crippen molar-refractivity contribution in [3.8, 4) is 0 Å². The fourth-order valence-corrected chi connectivity index (χ4v) is 1.41. The first-order valence-electron chi connectivity index (χ1n) is 3.78. The van der Waals surface area contributed by atoms with Gasteiger partial charge in [-0.05, 0) is 20.9 Å². The van der Waals surface area contributed by atoms with Gasteiger partial charge in [0.15, 0.2) is 0 Å². The molecule has 0 aliphatic heterocycles. The summed E-state index contributed by atoms with van der Waals surface area (Å²) in [5.74, 6) is 0. The molecular weight excluding hydrogens is 156 g/mol. The standard InChI is InChI=1S/C8H14N2S/c1-7(2)10(3)6-8-9-4-5-11-8/h4-5,7H,6H2,1-3H3. The summed E-state index contributed by atoms with van der Waals surface area (Å²) >= 11 is 1.72. The molecule has 0 aliphatic carbocycles. The van der Waals surface area contributed by atoms with Crippen LogP contribution in [0.3, 0.4) is 0 Å². The lowest BCUT2D eigenvalue weighted by atomic mass is 10.3. The zero-order valence-corrected chi connectivity index (χ0v) is 8.06. The highest BCUT2D eigenvalue weighted by Gasteiger charge is 2.04. The summed E-state index contributed by atoms with van der Waals surface area (Å²) in [7, 11) is 2.12. The Balaban J connectivity index is 2.43. The minimum atomic E-state index is 0.596. The molecule has 2 nitrogen and oxygen atoms in total. The molecule has 0 saturated heterocycles. The summed E-state index contributed by atoms with van der Waals surface area (Å²) in [5, 5.41) is 3.21. The van der Waals surface area contributed by atoms with Crippen LogP contribution in [0.5, 0.6) is 0 Å². The molecule has 0 fully saturated rings. The quantitative estimate of drug-likeness (QED) is 0.689. The van der Waals surface area contributed by atoms with Gasteiger partial charge in [0.2, 0.25) is 0 Å². The van der Waals surface area contributed by atoms with Crippen LogP contribution in [0.25, 0.3) is 0 Å². The maximum Gasteiger partial charge on any atom is 0.107 e. The Morgan fingerprint density at radius 2 is 2.36 bits per heavy atom. The van der Waals surface area contributed by atoms with Crippen LogP contribution in [0.2, 0.25) is 0 Å². The number of hydrogen-bond donors (Lipinski definition) is 0. The Morgan fingerprint density at radius 1 is 1.64 bits per heavy atom. The van der Waals surface area contributed by atoms with Crippen LogP contribution in [-0.2, 0) is 6.54 Å². The second-order valence-corrected chi connectivity index (χ2v) is 3.91. The lowest BCUT2D eigenvalue weighted by molar-refractivity contribution is 0.265. The summed E-state index contributed by atoms with van der Waals surface area (Å²) in [6.45, 7) is 5.34. The SMILES string of the molecule is CC(C)N(C)Cc1nccs1. The molecule has 1 heterocycles. The first kappa shape index (κ1) is 8.68. The van der Waals surface area contributed by atoms with Gasteiger partial charge in [-0.25, -0.2) is 4.98 Å². The lowest BCUT2D eigenvalue weighted by Gasteiger charge is -2.18. The summed E-state index contributed by atoms with van der Waals surface area (Å²) < 4.78 is 0. The predicted molar refractivity (Wildman–Crippen MR) is 48.7 cm³/mol. The van der Waals surface area contributed by atoms with Crippen LogP contribution < -0.4 is 0 Å². The van der Waals surface area contributed by atoms with Crippen molar-refractivity contribution in [2.45, 2.75) is 26.4 Å². The number of thiazole rings is 1. The van der Waals surface area contributed by atoms with Crippen molar-refractivity contribution in [3.63, 3.8) is 0 Å². The van der Waals surface area contributed by atoms with E-state index in [1.807, 2.05) is 11.6 Å². The summed E-state index contributed by atoms with van der Waals surface area (Å²) in [5.41, 5.74) is 0. The van der Waals surface area contributed by atoms with Crippen LogP contribution in [0.4, 0.5) is 0 Å². The van der Waals surface area contributed by atoms with E-state index in [4.69, 9.17) is 0 Å².